The summed E-state index contributed by atoms with van der Waals surface area (Å²) in [5, 5.41) is 2.63. The van der Waals surface area contributed by atoms with Crippen molar-refractivity contribution in [2.24, 2.45) is 0 Å². The Hall–Kier alpha value is -1.55. The van der Waals surface area contributed by atoms with Crippen molar-refractivity contribution in [1.29, 1.82) is 0 Å². The Morgan fingerprint density at radius 3 is 2.39 bits per heavy atom. The van der Waals surface area contributed by atoms with Crippen LogP contribution in [0.15, 0.2) is 29.6 Å². The molecule has 2 N–H and O–H groups in total. The zero-order chi connectivity index (χ0) is 12.4. The molecule has 0 bridgehead atoms. The van der Waals surface area contributed by atoms with E-state index < -0.39 is 0 Å². The summed E-state index contributed by atoms with van der Waals surface area (Å²) in [6.07, 6.45) is 3.99. The molecule has 2 aromatic rings. The summed E-state index contributed by atoms with van der Waals surface area (Å²) in [5.41, 5.74) is 9.10. The number of benzene rings is 1. The van der Waals surface area contributed by atoms with Crippen molar-refractivity contribution < 1.29 is 0 Å². The quantitative estimate of drug-likeness (QED) is 0.899. The lowest BCUT2D eigenvalue weighted by molar-refractivity contribution is 0.578. The van der Waals surface area contributed by atoms with E-state index in [2.05, 4.69) is 34.1 Å². The zero-order valence-corrected chi connectivity index (χ0v) is 11.1. The van der Waals surface area contributed by atoms with Crippen molar-refractivity contribution in [3.8, 4) is 11.3 Å². The van der Waals surface area contributed by atoms with Gasteiger partial charge in [0.2, 0.25) is 0 Å². The minimum absolute atomic E-state index is 0.630. The Labute approximate surface area is 111 Å². The van der Waals surface area contributed by atoms with E-state index in [9.17, 15) is 0 Å². The molecule has 4 heteroatoms. The molecule has 1 aromatic carbocycles. The Balaban J connectivity index is 1.80. The summed E-state index contributed by atoms with van der Waals surface area (Å²) in [4.78, 5) is 6.77. The fraction of sp³-hybridized carbons (Fsp3) is 0.357. The molecule has 1 saturated heterocycles. The standard InChI is InChI=1S/C14H17N3S/c15-14-16-13(10-18-14)11-4-6-12(7-5-11)17-8-2-1-3-9-17/h4-7,10H,1-3,8-9H2,(H2,15,16). The van der Waals surface area contributed by atoms with Crippen LogP contribution >= 0.6 is 11.3 Å². The minimum atomic E-state index is 0.630. The first kappa shape index (κ1) is 11.5. The molecular weight excluding hydrogens is 242 g/mol. The number of aromatic nitrogens is 1. The number of nitrogens with zero attached hydrogens (tertiary/aromatic N) is 2. The van der Waals surface area contributed by atoms with Gasteiger partial charge in [0.25, 0.3) is 0 Å². The average molecular weight is 259 g/mol. The van der Waals surface area contributed by atoms with Crippen LogP contribution in [0.1, 0.15) is 19.3 Å². The topological polar surface area (TPSA) is 42.1 Å². The first-order chi connectivity index (χ1) is 8.83. The molecule has 1 aliphatic rings. The van der Waals surface area contributed by atoms with Crippen molar-refractivity contribution >= 4 is 22.2 Å². The van der Waals surface area contributed by atoms with Gasteiger partial charge in [0.1, 0.15) is 0 Å². The van der Waals surface area contributed by atoms with Gasteiger partial charge in [0, 0.05) is 29.7 Å². The van der Waals surface area contributed by atoms with Crippen LogP contribution in [0, 0.1) is 0 Å². The van der Waals surface area contributed by atoms with Gasteiger partial charge >= 0.3 is 0 Å². The number of hydrogen-bond donors (Lipinski definition) is 1. The van der Waals surface area contributed by atoms with E-state index in [1.807, 2.05) is 5.38 Å². The maximum absolute atomic E-state index is 5.66. The van der Waals surface area contributed by atoms with E-state index in [1.165, 1.54) is 49.4 Å². The second-order valence-corrected chi connectivity index (χ2v) is 5.56. The third-order valence-corrected chi connectivity index (χ3v) is 4.08. The van der Waals surface area contributed by atoms with Gasteiger partial charge in [-0.05, 0) is 31.4 Å². The molecule has 18 heavy (non-hydrogen) atoms. The zero-order valence-electron chi connectivity index (χ0n) is 10.3. The van der Waals surface area contributed by atoms with Crippen molar-refractivity contribution in [2.45, 2.75) is 19.3 Å². The van der Waals surface area contributed by atoms with Crippen LogP contribution in [-0.4, -0.2) is 18.1 Å². The third kappa shape index (κ3) is 2.34. The lowest BCUT2D eigenvalue weighted by atomic mass is 10.1. The average Bonchev–Trinajstić information content (AvgIpc) is 2.87. The van der Waals surface area contributed by atoms with Gasteiger partial charge in [0.05, 0.1) is 5.69 Å². The number of nitrogen functional groups attached to an aromatic ring is 1. The summed E-state index contributed by atoms with van der Waals surface area (Å²) in [5.74, 6) is 0. The monoisotopic (exact) mass is 259 g/mol. The molecule has 0 aliphatic carbocycles. The molecule has 3 rings (SSSR count). The van der Waals surface area contributed by atoms with Crippen molar-refractivity contribution in [2.75, 3.05) is 23.7 Å². The van der Waals surface area contributed by atoms with E-state index in [4.69, 9.17) is 5.73 Å². The van der Waals surface area contributed by atoms with Crippen LogP contribution in [0.3, 0.4) is 0 Å². The summed E-state index contributed by atoms with van der Waals surface area (Å²) in [6.45, 7) is 2.37. The summed E-state index contributed by atoms with van der Waals surface area (Å²) in [7, 11) is 0. The highest BCUT2D eigenvalue weighted by Crippen LogP contribution is 2.26. The molecule has 94 valence electrons. The largest absolute Gasteiger partial charge is 0.375 e. The highest BCUT2D eigenvalue weighted by atomic mass is 32.1. The van der Waals surface area contributed by atoms with Crippen LogP contribution < -0.4 is 10.6 Å². The van der Waals surface area contributed by atoms with Crippen LogP contribution in [0.4, 0.5) is 10.8 Å². The second-order valence-electron chi connectivity index (χ2n) is 4.67. The maximum atomic E-state index is 5.66. The summed E-state index contributed by atoms with van der Waals surface area (Å²) < 4.78 is 0. The van der Waals surface area contributed by atoms with Crippen molar-refractivity contribution in [3.05, 3.63) is 29.6 Å². The third-order valence-electron chi connectivity index (χ3n) is 3.41. The maximum Gasteiger partial charge on any atom is 0.180 e. The SMILES string of the molecule is Nc1nc(-c2ccc(N3CCCCC3)cc2)cs1. The molecule has 0 amide bonds. The van der Waals surface area contributed by atoms with Gasteiger partial charge in [-0.2, -0.15) is 0 Å². The molecule has 1 aromatic heterocycles. The fourth-order valence-electron chi connectivity index (χ4n) is 2.42. The van der Waals surface area contributed by atoms with Crippen LogP contribution in [-0.2, 0) is 0 Å². The van der Waals surface area contributed by atoms with E-state index >= 15 is 0 Å². The Morgan fingerprint density at radius 1 is 1.06 bits per heavy atom. The van der Waals surface area contributed by atoms with E-state index in [1.54, 1.807) is 0 Å². The second kappa shape index (κ2) is 4.98. The fourth-order valence-corrected chi connectivity index (χ4v) is 2.99. The number of nitrogens with two attached hydrogens (primary N) is 1. The van der Waals surface area contributed by atoms with E-state index in [0.29, 0.717) is 5.13 Å². The smallest absolute Gasteiger partial charge is 0.180 e. The Bertz CT molecular complexity index is 512. The first-order valence-corrected chi connectivity index (χ1v) is 7.27. The summed E-state index contributed by atoms with van der Waals surface area (Å²) in [6, 6.07) is 8.66. The lowest BCUT2D eigenvalue weighted by Gasteiger charge is -2.28. The molecule has 0 spiro atoms. The molecule has 0 radical (unpaired) electrons. The van der Waals surface area contributed by atoms with Gasteiger partial charge in [-0.25, -0.2) is 4.98 Å². The number of piperidine rings is 1. The van der Waals surface area contributed by atoms with Crippen LogP contribution in [0.5, 0.6) is 0 Å². The first-order valence-electron chi connectivity index (χ1n) is 6.39. The van der Waals surface area contributed by atoms with Gasteiger partial charge in [-0.15, -0.1) is 11.3 Å². The van der Waals surface area contributed by atoms with E-state index in [0.717, 1.165) is 11.3 Å². The number of rotatable bonds is 2. The predicted molar refractivity (Wildman–Crippen MR) is 78.0 cm³/mol. The molecule has 1 fully saturated rings. The molecule has 3 nitrogen and oxygen atoms in total. The highest BCUT2D eigenvalue weighted by molar-refractivity contribution is 7.13. The van der Waals surface area contributed by atoms with Gasteiger partial charge in [-0.1, -0.05) is 12.1 Å². The number of hydrogen-bond acceptors (Lipinski definition) is 4. The van der Waals surface area contributed by atoms with Gasteiger partial charge in [0.15, 0.2) is 5.13 Å². The van der Waals surface area contributed by atoms with Crippen molar-refractivity contribution in [1.82, 2.24) is 4.98 Å². The normalized spacial score (nSPS) is 15.9. The molecule has 1 aliphatic heterocycles. The molecular formula is C14H17N3S. The van der Waals surface area contributed by atoms with E-state index in [-0.39, 0.29) is 0 Å². The lowest BCUT2D eigenvalue weighted by Crippen LogP contribution is -2.29. The minimum Gasteiger partial charge on any atom is -0.375 e. The Morgan fingerprint density at radius 2 is 1.78 bits per heavy atom. The molecule has 2 heterocycles. The van der Waals surface area contributed by atoms with Crippen LogP contribution in [0.25, 0.3) is 11.3 Å². The molecule has 0 saturated carbocycles. The predicted octanol–water partition coefficient (Wildman–Crippen LogP) is 3.38. The van der Waals surface area contributed by atoms with Gasteiger partial charge < -0.3 is 10.6 Å². The Kier molecular flexibility index (Phi) is 3.19. The molecule has 0 unspecified atom stereocenters. The number of anilines is 2. The van der Waals surface area contributed by atoms with Crippen molar-refractivity contribution in [3.63, 3.8) is 0 Å². The summed E-state index contributed by atoms with van der Waals surface area (Å²) >= 11 is 1.49. The highest BCUT2D eigenvalue weighted by Gasteiger charge is 2.11. The number of thiazole rings is 1. The van der Waals surface area contributed by atoms with Gasteiger partial charge in [-0.3, -0.25) is 0 Å². The van der Waals surface area contributed by atoms with Crippen LogP contribution in [0.2, 0.25) is 0 Å². The molecule has 0 atom stereocenters.